The molecule has 1 amide bonds. The van der Waals surface area contributed by atoms with Gasteiger partial charge in [-0.3, -0.25) is 9.89 Å². The average Bonchev–Trinajstić information content (AvgIpc) is 3.65. The van der Waals surface area contributed by atoms with Crippen molar-refractivity contribution in [3.05, 3.63) is 23.8 Å². The fourth-order valence-electron chi connectivity index (χ4n) is 4.21. The topological polar surface area (TPSA) is 124 Å². The molecule has 0 saturated heterocycles. The second-order valence-electron chi connectivity index (χ2n) is 8.53. The summed E-state index contributed by atoms with van der Waals surface area (Å²) in [4.78, 5) is 12.8. The number of amides is 1. The minimum absolute atomic E-state index is 0.118. The minimum atomic E-state index is -4.62. The lowest BCUT2D eigenvalue weighted by Crippen LogP contribution is -2.44. The molecule has 32 heavy (non-hydrogen) atoms. The molecule has 0 spiro atoms. The van der Waals surface area contributed by atoms with Crippen LogP contribution < -0.4 is 11.1 Å². The first kappa shape index (κ1) is 22.6. The van der Waals surface area contributed by atoms with Crippen LogP contribution >= 0.6 is 0 Å². The molecule has 0 aromatic carbocycles. The Bertz CT molecular complexity index is 942. The molecule has 2 aliphatic rings. The second kappa shape index (κ2) is 8.43. The summed E-state index contributed by atoms with van der Waals surface area (Å²) in [7, 11) is 1.02. The fourth-order valence-corrected chi connectivity index (χ4v) is 4.21. The number of nitrogens with one attached hydrogen (secondary N) is 2. The van der Waals surface area contributed by atoms with E-state index in [0.717, 1.165) is 39.0 Å². The Morgan fingerprint density at radius 3 is 2.50 bits per heavy atom. The molecule has 0 unspecified atom stereocenters. The van der Waals surface area contributed by atoms with Gasteiger partial charge in [-0.25, -0.2) is 9.07 Å². The standard InChI is InChI=1S/C19H25F4N7O2/c1-32-18(20,14-8-26-29-30(14)9-19(21,22)23)6-12-13(7-25-28-12)27-17(31)16(24)15(10-2-3-10)11-4-5-11/h7-8,10-11,15-16H,2-6,9,24H2,1H3,(H,25,28)(H,27,31)/t16-,18+/m0/s1. The molecule has 9 nitrogen and oxygen atoms in total. The number of carbonyl (C=O) groups is 1. The van der Waals surface area contributed by atoms with Crippen LogP contribution in [0, 0.1) is 17.8 Å². The van der Waals surface area contributed by atoms with Gasteiger partial charge in [0.15, 0.2) is 0 Å². The summed E-state index contributed by atoms with van der Waals surface area (Å²) in [5.74, 6) is -2.07. The second-order valence-corrected chi connectivity index (χ2v) is 8.53. The van der Waals surface area contributed by atoms with Crippen LogP contribution in [0.5, 0.6) is 0 Å². The SMILES string of the molecule is CO[C@](F)(Cc1[nH]ncc1NC(=O)[C@@H](N)C(C1CC1)C1CC1)c1cnnn1CC(F)(F)F. The number of hydrogen-bond donors (Lipinski definition) is 3. The predicted molar refractivity (Wildman–Crippen MR) is 104 cm³/mol. The molecule has 2 fully saturated rings. The summed E-state index contributed by atoms with van der Waals surface area (Å²) in [5.41, 5.74) is 6.05. The number of carbonyl (C=O) groups excluding carboxylic acids is 1. The van der Waals surface area contributed by atoms with Gasteiger partial charge in [0.1, 0.15) is 12.2 Å². The predicted octanol–water partition coefficient (Wildman–Crippen LogP) is 2.28. The number of H-pyrrole nitrogens is 1. The van der Waals surface area contributed by atoms with Gasteiger partial charge in [-0.2, -0.15) is 18.3 Å². The maximum absolute atomic E-state index is 15.6. The van der Waals surface area contributed by atoms with E-state index in [-0.39, 0.29) is 17.3 Å². The van der Waals surface area contributed by atoms with Gasteiger partial charge in [0, 0.05) is 7.11 Å². The molecule has 2 aliphatic carbocycles. The largest absolute Gasteiger partial charge is 0.408 e. The monoisotopic (exact) mass is 459 g/mol. The Morgan fingerprint density at radius 1 is 1.28 bits per heavy atom. The van der Waals surface area contributed by atoms with Crippen LogP contribution in [0.15, 0.2) is 12.4 Å². The number of halogens is 4. The molecular weight excluding hydrogens is 434 g/mol. The van der Waals surface area contributed by atoms with Crippen molar-refractivity contribution < 1.29 is 27.1 Å². The third-order valence-corrected chi connectivity index (χ3v) is 6.08. The molecule has 4 rings (SSSR count). The first-order chi connectivity index (χ1) is 15.1. The molecule has 4 N–H and O–H groups in total. The number of hydrogen-bond acceptors (Lipinski definition) is 6. The number of anilines is 1. The Balaban J connectivity index is 1.49. The fraction of sp³-hybridized carbons (Fsp3) is 0.684. The number of nitrogens with two attached hydrogens (primary N) is 1. The highest BCUT2D eigenvalue weighted by Crippen LogP contribution is 2.50. The van der Waals surface area contributed by atoms with E-state index in [1.807, 2.05) is 0 Å². The van der Waals surface area contributed by atoms with E-state index in [0.29, 0.717) is 16.5 Å². The van der Waals surface area contributed by atoms with Crippen LogP contribution in [0.2, 0.25) is 0 Å². The number of aromatic amines is 1. The van der Waals surface area contributed by atoms with Crippen molar-refractivity contribution in [2.75, 3.05) is 12.4 Å². The van der Waals surface area contributed by atoms with Gasteiger partial charge in [0.2, 0.25) is 5.91 Å². The molecule has 2 aromatic heterocycles. The van der Waals surface area contributed by atoms with Crippen LogP contribution in [-0.4, -0.2) is 50.4 Å². The highest BCUT2D eigenvalue weighted by Gasteiger charge is 2.46. The molecule has 13 heteroatoms. The first-order valence-corrected chi connectivity index (χ1v) is 10.4. The summed E-state index contributed by atoms with van der Waals surface area (Å²) in [5, 5.41) is 15.8. The van der Waals surface area contributed by atoms with Gasteiger partial charge < -0.3 is 15.8 Å². The quantitative estimate of drug-likeness (QED) is 0.469. The molecule has 2 aromatic rings. The lowest BCUT2D eigenvalue weighted by molar-refractivity contribution is -0.156. The van der Waals surface area contributed by atoms with Gasteiger partial charge in [-0.15, -0.1) is 5.10 Å². The number of aromatic nitrogens is 5. The van der Waals surface area contributed by atoms with E-state index in [1.54, 1.807) is 0 Å². The number of methoxy groups -OCH3 is 1. The zero-order valence-electron chi connectivity index (χ0n) is 17.4. The minimum Gasteiger partial charge on any atom is -0.344 e. The van der Waals surface area contributed by atoms with Gasteiger partial charge in [0.05, 0.1) is 36.2 Å². The van der Waals surface area contributed by atoms with Gasteiger partial charge in [-0.1, -0.05) is 5.21 Å². The maximum atomic E-state index is 15.6. The highest BCUT2D eigenvalue weighted by atomic mass is 19.4. The molecule has 0 aliphatic heterocycles. The highest BCUT2D eigenvalue weighted by molar-refractivity contribution is 5.95. The molecule has 2 atom stereocenters. The summed E-state index contributed by atoms with van der Waals surface area (Å²) < 4.78 is 59.4. The van der Waals surface area contributed by atoms with Crippen molar-refractivity contribution in [3.63, 3.8) is 0 Å². The normalized spacial score (nSPS) is 19.7. The number of rotatable bonds is 10. The van der Waals surface area contributed by atoms with Crippen molar-refractivity contribution in [1.82, 2.24) is 25.2 Å². The molecule has 176 valence electrons. The van der Waals surface area contributed by atoms with Crippen molar-refractivity contribution >= 4 is 11.6 Å². The van der Waals surface area contributed by atoms with Crippen LogP contribution in [0.25, 0.3) is 0 Å². The molecule has 0 radical (unpaired) electrons. The summed E-state index contributed by atoms with van der Waals surface area (Å²) in [6, 6.07) is -0.701. The lowest BCUT2D eigenvalue weighted by atomic mass is 9.89. The Kier molecular flexibility index (Phi) is 5.96. The number of ether oxygens (including phenoxy) is 1. The lowest BCUT2D eigenvalue weighted by Gasteiger charge is -2.25. The van der Waals surface area contributed by atoms with Crippen LogP contribution in [-0.2, 0) is 28.4 Å². The third kappa shape index (κ3) is 4.93. The molecular formula is C19H25F4N7O2. The van der Waals surface area contributed by atoms with Crippen molar-refractivity contribution in [2.24, 2.45) is 23.5 Å². The molecule has 2 heterocycles. The Morgan fingerprint density at radius 2 is 1.94 bits per heavy atom. The van der Waals surface area contributed by atoms with E-state index in [4.69, 9.17) is 10.5 Å². The van der Waals surface area contributed by atoms with E-state index in [9.17, 15) is 18.0 Å². The van der Waals surface area contributed by atoms with E-state index < -0.39 is 42.6 Å². The first-order valence-electron chi connectivity index (χ1n) is 10.4. The smallest absolute Gasteiger partial charge is 0.344 e. The van der Waals surface area contributed by atoms with Gasteiger partial charge in [-0.05, 0) is 43.4 Å². The molecule has 0 bridgehead atoms. The Hall–Kier alpha value is -2.54. The van der Waals surface area contributed by atoms with Gasteiger partial charge >= 0.3 is 6.18 Å². The van der Waals surface area contributed by atoms with Crippen LogP contribution in [0.4, 0.5) is 23.2 Å². The van der Waals surface area contributed by atoms with Crippen molar-refractivity contribution in [2.45, 2.75) is 56.7 Å². The summed E-state index contributed by atoms with van der Waals surface area (Å²) in [6.45, 7) is -1.53. The van der Waals surface area contributed by atoms with Crippen LogP contribution in [0.3, 0.4) is 0 Å². The zero-order chi connectivity index (χ0) is 23.1. The van der Waals surface area contributed by atoms with Crippen LogP contribution in [0.1, 0.15) is 37.1 Å². The number of alkyl halides is 4. The van der Waals surface area contributed by atoms with Gasteiger partial charge in [0.25, 0.3) is 5.85 Å². The summed E-state index contributed by atoms with van der Waals surface area (Å²) in [6.07, 6.45) is 1.25. The maximum Gasteiger partial charge on any atom is 0.408 e. The van der Waals surface area contributed by atoms with E-state index >= 15 is 4.39 Å². The Labute approximate surface area is 181 Å². The van der Waals surface area contributed by atoms with Crippen molar-refractivity contribution in [3.8, 4) is 0 Å². The third-order valence-electron chi connectivity index (χ3n) is 6.08. The molecule has 2 saturated carbocycles. The zero-order valence-corrected chi connectivity index (χ0v) is 17.4. The summed E-state index contributed by atoms with van der Waals surface area (Å²) >= 11 is 0. The van der Waals surface area contributed by atoms with E-state index in [2.05, 4.69) is 25.8 Å². The number of nitrogens with zero attached hydrogens (tertiary/aromatic N) is 4. The van der Waals surface area contributed by atoms with E-state index in [1.165, 1.54) is 6.20 Å². The van der Waals surface area contributed by atoms with Crippen molar-refractivity contribution in [1.29, 1.82) is 0 Å². The average molecular weight is 459 g/mol.